The van der Waals surface area contributed by atoms with Crippen LogP contribution in [0.4, 0.5) is 4.79 Å². The molecule has 1 N–H and O–H groups in total. The number of benzene rings is 1. The molecule has 172 valence electrons. The first-order valence-corrected chi connectivity index (χ1v) is 11.4. The molecule has 7 nitrogen and oxygen atoms in total. The van der Waals surface area contributed by atoms with Crippen LogP contribution in [-0.4, -0.2) is 45.7 Å². The number of ether oxygens (including phenoxy) is 1. The molecule has 1 fully saturated rings. The first-order valence-electron chi connectivity index (χ1n) is 11.4. The third-order valence-corrected chi connectivity index (χ3v) is 5.93. The molecule has 0 radical (unpaired) electrons. The lowest BCUT2D eigenvalue weighted by atomic mass is 10.1. The number of carbonyl (C=O) groups excluding carboxylic acids is 2. The van der Waals surface area contributed by atoms with E-state index >= 15 is 0 Å². The van der Waals surface area contributed by atoms with Crippen LogP contribution in [0.2, 0.25) is 0 Å². The van der Waals surface area contributed by atoms with Gasteiger partial charge in [0, 0.05) is 30.3 Å². The molecule has 1 aromatic carbocycles. The average molecular weight is 439 g/mol. The maximum absolute atomic E-state index is 13.0. The van der Waals surface area contributed by atoms with E-state index in [4.69, 9.17) is 4.74 Å². The highest BCUT2D eigenvalue weighted by Crippen LogP contribution is 2.26. The van der Waals surface area contributed by atoms with Crippen LogP contribution in [0.15, 0.2) is 24.3 Å². The summed E-state index contributed by atoms with van der Waals surface area (Å²) in [6.45, 7) is 10.8. The summed E-state index contributed by atoms with van der Waals surface area (Å²) < 4.78 is 7.53. The van der Waals surface area contributed by atoms with Crippen LogP contribution < -0.4 is 5.32 Å². The van der Waals surface area contributed by atoms with Gasteiger partial charge in [-0.3, -0.25) is 4.79 Å². The van der Waals surface area contributed by atoms with Crippen molar-refractivity contribution < 1.29 is 14.3 Å². The van der Waals surface area contributed by atoms with Crippen molar-refractivity contribution in [2.75, 3.05) is 6.54 Å². The van der Waals surface area contributed by atoms with Crippen molar-refractivity contribution in [3.63, 3.8) is 0 Å². The maximum Gasteiger partial charge on any atom is 0.408 e. The third-order valence-electron chi connectivity index (χ3n) is 5.93. The molecule has 0 aliphatic carbocycles. The highest BCUT2D eigenvalue weighted by molar-refractivity contribution is 5.86. The van der Waals surface area contributed by atoms with Gasteiger partial charge >= 0.3 is 6.09 Å². The molecule has 0 bridgehead atoms. The quantitative estimate of drug-likeness (QED) is 0.725. The number of aromatic nitrogens is 1. The molecular weight excluding hydrogens is 404 g/mol. The summed E-state index contributed by atoms with van der Waals surface area (Å²) in [4.78, 5) is 27.0. The van der Waals surface area contributed by atoms with Gasteiger partial charge in [0.2, 0.25) is 5.91 Å². The van der Waals surface area contributed by atoms with Crippen LogP contribution >= 0.6 is 0 Å². The van der Waals surface area contributed by atoms with Crippen molar-refractivity contribution in [3.05, 3.63) is 35.5 Å². The number of carbonyl (C=O) groups is 2. The number of nitriles is 1. The summed E-state index contributed by atoms with van der Waals surface area (Å²) in [5, 5.41) is 13.0. The molecule has 1 saturated heterocycles. The summed E-state index contributed by atoms with van der Waals surface area (Å²) in [6.07, 6.45) is 3.09. The second-order valence-corrected chi connectivity index (χ2v) is 9.50. The molecule has 1 aromatic heterocycles. The Hall–Kier alpha value is -3.01. The largest absolute Gasteiger partial charge is 0.444 e. The smallest absolute Gasteiger partial charge is 0.408 e. The molecule has 32 heavy (non-hydrogen) atoms. The van der Waals surface area contributed by atoms with Crippen LogP contribution in [-0.2, 0) is 22.5 Å². The van der Waals surface area contributed by atoms with Crippen LogP contribution in [0.1, 0.15) is 65.1 Å². The number of rotatable bonds is 6. The second kappa shape index (κ2) is 9.64. The molecule has 0 spiro atoms. The molecule has 2 aromatic rings. The number of amides is 2. The lowest BCUT2D eigenvalue weighted by Gasteiger charge is -2.28. The number of nitrogens with zero attached hydrogens (tertiary/aromatic N) is 3. The Bertz CT molecular complexity index is 1030. The molecule has 7 heteroatoms. The van der Waals surface area contributed by atoms with Gasteiger partial charge in [-0.2, -0.15) is 5.26 Å². The van der Waals surface area contributed by atoms with Gasteiger partial charge in [0.1, 0.15) is 11.6 Å². The molecule has 3 rings (SSSR count). The minimum Gasteiger partial charge on any atom is -0.444 e. The van der Waals surface area contributed by atoms with E-state index in [1.165, 1.54) is 5.69 Å². The summed E-state index contributed by atoms with van der Waals surface area (Å²) in [5.74, 6) is -0.0620. The van der Waals surface area contributed by atoms with Gasteiger partial charge in [-0.15, -0.1) is 0 Å². The van der Waals surface area contributed by atoms with Gasteiger partial charge in [0.15, 0.2) is 0 Å². The van der Waals surface area contributed by atoms with E-state index in [2.05, 4.69) is 28.9 Å². The van der Waals surface area contributed by atoms with Crippen molar-refractivity contribution in [1.82, 2.24) is 14.8 Å². The first-order chi connectivity index (χ1) is 15.1. The molecule has 2 amide bonds. The predicted octanol–water partition coefficient (Wildman–Crippen LogP) is 4.37. The van der Waals surface area contributed by atoms with Gasteiger partial charge in [-0.25, -0.2) is 4.79 Å². The molecule has 2 atom stereocenters. The van der Waals surface area contributed by atoms with E-state index < -0.39 is 17.7 Å². The molecule has 1 aliphatic rings. The summed E-state index contributed by atoms with van der Waals surface area (Å²) in [6, 6.07) is 9.72. The SMILES string of the molecule is CCn1c(CC[C@@H]2CCCN2C(=O)[C@@H](C)NC(=O)OC(C)(C)C)cc2ccc(C#N)cc21. The number of hydrogen-bond acceptors (Lipinski definition) is 4. The number of alkyl carbamates (subject to hydrolysis) is 1. The minimum atomic E-state index is -0.628. The zero-order valence-electron chi connectivity index (χ0n) is 19.8. The molecule has 0 saturated carbocycles. The number of fused-ring (bicyclic) bond motifs is 1. The van der Waals surface area contributed by atoms with Gasteiger partial charge in [0.05, 0.1) is 11.6 Å². The van der Waals surface area contributed by atoms with Crippen molar-refractivity contribution in [2.24, 2.45) is 0 Å². The average Bonchev–Trinajstić information content (AvgIpc) is 3.33. The Morgan fingerprint density at radius 3 is 2.72 bits per heavy atom. The fraction of sp³-hybridized carbons (Fsp3) is 0.560. The van der Waals surface area contributed by atoms with Crippen molar-refractivity contribution in [1.29, 1.82) is 5.26 Å². The summed E-state index contributed by atoms with van der Waals surface area (Å²) in [7, 11) is 0. The number of nitrogens with one attached hydrogen (secondary N) is 1. The number of hydrogen-bond donors (Lipinski definition) is 1. The number of likely N-dealkylation sites (tertiary alicyclic amines) is 1. The van der Waals surface area contributed by atoms with Crippen molar-refractivity contribution in [3.8, 4) is 6.07 Å². The molecule has 0 unspecified atom stereocenters. The maximum atomic E-state index is 13.0. The van der Waals surface area contributed by atoms with E-state index in [-0.39, 0.29) is 11.9 Å². The Morgan fingerprint density at radius 1 is 1.31 bits per heavy atom. The van der Waals surface area contributed by atoms with E-state index in [1.54, 1.807) is 27.7 Å². The fourth-order valence-electron chi connectivity index (χ4n) is 4.50. The van der Waals surface area contributed by atoms with Gasteiger partial charge in [-0.05, 0) is 83.9 Å². The van der Waals surface area contributed by atoms with Crippen LogP contribution in [0.3, 0.4) is 0 Å². The Labute approximate surface area is 190 Å². The molecule has 2 heterocycles. The summed E-state index contributed by atoms with van der Waals surface area (Å²) >= 11 is 0. The normalized spacial score (nSPS) is 17.2. The van der Waals surface area contributed by atoms with E-state index in [0.29, 0.717) is 12.1 Å². The van der Waals surface area contributed by atoms with Crippen LogP contribution in [0.25, 0.3) is 10.9 Å². The summed E-state index contributed by atoms with van der Waals surface area (Å²) in [5.41, 5.74) is 2.36. The Kier molecular flexibility index (Phi) is 7.12. The van der Waals surface area contributed by atoms with Crippen LogP contribution in [0.5, 0.6) is 0 Å². The van der Waals surface area contributed by atoms with Crippen LogP contribution in [0, 0.1) is 11.3 Å². The Morgan fingerprint density at radius 2 is 2.06 bits per heavy atom. The minimum absolute atomic E-state index is 0.0620. The first kappa shape index (κ1) is 23.6. The lowest BCUT2D eigenvalue weighted by Crippen LogP contribution is -2.49. The van der Waals surface area contributed by atoms with Gasteiger partial charge < -0.3 is 19.5 Å². The zero-order valence-corrected chi connectivity index (χ0v) is 19.8. The monoisotopic (exact) mass is 438 g/mol. The van der Waals surface area contributed by atoms with Gasteiger partial charge in [-0.1, -0.05) is 6.07 Å². The highest BCUT2D eigenvalue weighted by Gasteiger charge is 2.32. The van der Waals surface area contributed by atoms with Crippen molar-refractivity contribution in [2.45, 2.75) is 84.5 Å². The van der Waals surface area contributed by atoms with Crippen molar-refractivity contribution >= 4 is 22.9 Å². The van der Waals surface area contributed by atoms with E-state index in [0.717, 1.165) is 43.1 Å². The van der Waals surface area contributed by atoms with E-state index in [9.17, 15) is 14.9 Å². The van der Waals surface area contributed by atoms with Gasteiger partial charge in [0.25, 0.3) is 0 Å². The second-order valence-electron chi connectivity index (χ2n) is 9.50. The highest BCUT2D eigenvalue weighted by atomic mass is 16.6. The number of aryl methyl sites for hydroxylation is 2. The topological polar surface area (TPSA) is 87.4 Å². The molecular formula is C25H34N4O3. The standard InChI is InChI=1S/C25H34N4O3/c1-6-28-21(15-19-10-9-18(16-26)14-22(19)28)12-11-20-8-7-13-29(20)23(30)17(2)27-24(31)32-25(3,4)5/h9-10,14-15,17,20H,6-8,11-13H2,1-5H3,(H,27,31)/t17-,20+/m1/s1. The fourth-order valence-corrected chi connectivity index (χ4v) is 4.50. The third kappa shape index (κ3) is 5.42. The zero-order chi connectivity index (χ0) is 23.5. The Balaban J connectivity index is 1.66. The predicted molar refractivity (Wildman–Crippen MR) is 124 cm³/mol. The molecule has 1 aliphatic heterocycles. The van der Waals surface area contributed by atoms with E-state index in [1.807, 2.05) is 23.1 Å². The lowest BCUT2D eigenvalue weighted by molar-refractivity contribution is -0.134.